The Balaban J connectivity index is 0.00000220. The van der Waals surface area contributed by atoms with Gasteiger partial charge in [-0.15, -0.1) is 12.4 Å². The van der Waals surface area contributed by atoms with Crippen LogP contribution in [0, 0.1) is 0 Å². The van der Waals surface area contributed by atoms with Crippen LogP contribution in [0.25, 0.3) is 0 Å². The first-order chi connectivity index (χ1) is 9.13. The summed E-state index contributed by atoms with van der Waals surface area (Å²) in [6, 6.07) is 0.463. The minimum absolute atomic E-state index is 0. The predicted molar refractivity (Wildman–Crippen MR) is 65.9 cm³/mol. The highest BCUT2D eigenvalue weighted by atomic mass is 35.5. The lowest BCUT2D eigenvalue weighted by atomic mass is 9.94. The summed E-state index contributed by atoms with van der Waals surface area (Å²) in [4.78, 5) is 11.0. The van der Waals surface area contributed by atoms with E-state index in [4.69, 9.17) is 11.6 Å². The molecule has 0 aliphatic carbocycles. The lowest BCUT2D eigenvalue weighted by Crippen LogP contribution is -2.50. The number of carbonyl (C=O) groups is 1. The van der Waals surface area contributed by atoms with E-state index in [1.54, 1.807) is 5.32 Å². The number of amides is 1. The lowest BCUT2D eigenvalue weighted by molar-refractivity contribution is -0.141. The van der Waals surface area contributed by atoms with Crippen LogP contribution < -0.4 is 5.32 Å². The van der Waals surface area contributed by atoms with Gasteiger partial charge in [-0.2, -0.15) is 13.2 Å². The van der Waals surface area contributed by atoms with E-state index in [1.165, 1.54) is 0 Å². The average molecular weight is 352 g/mol. The van der Waals surface area contributed by atoms with Crippen LogP contribution in [-0.4, -0.2) is 18.6 Å². The maximum atomic E-state index is 13.7. The van der Waals surface area contributed by atoms with Gasteiger partial charge in [-0.05, 0) is 12.1 Å². The molecule has 0 bridgehead atoms. The molecule has 1 amide bonds. The molecule has 1 fully saturated rings. The molecule has 0 unspecified atom stereocenters. The topological polar surface area (TPSA) is 38.3 Å². The van der Waals surface area contributed by atoms with Crippen molar-refractivity contribution in [2.45, 2.75) is 18.1 Å². The van der Waals surface area contributed by atoms with Crippen LogP contribution in [-0.2, 0) is 10.9 Å². The summed E-state index contributed by atoms with van der Waals surface area (Å²) in [5.74, 6) is -3.71. The van der Waals surface area contributed by atoms with Crippen LogP contribution >= 0.6 is 24.0 Å². The van der Waals surface area contributed by atoms with Crippen molar-refractivity contribution in [2.75, 3.05) is 6.61 Å². The minimum Gasteiger partial charge on any atom is -0.443 e. The second-order valence-corrected chi connectivity index (χ2v) is 4.52. The zero-order valence-electron chi connectivity index (χ0n) is 10.0. The number of cyclic esters (lactones) is 1. The van der Waals surface area contributed by atoms with Gasteiger partial charge < -0.3 is 10.1 Å². The predicted octanol–water partition coefficient (Wildman–Crippen LogP) is 4.20. The van der Waals surface area contributed by atoms with Gasteiger partial charge in [0, 0.05) is 10.6 Å². The number of alkyl carbamates (subject to hydrolysis) is 1. The largest absolute Gasteiger partial charge is 0.443 e. The second kappa shape index (κ2) is 5.84. The Morgan fingerprint density at radius 3 is 2.52 bits per heavy atom. The maximum Gasteiger partial charge on any atom is 0.416 e. The van der Waals surface area contributed by atoms with Gasteiger partial charge in [-0.3, -0.25) is 0 Å². The molecule has 21 heavy (non-hydrogen) atoms. The van der Waals surface area contributed by atoms with Crippen LogP contribution in [0.4, 0.5) is 26.7 Å². The van der Waals surface area contributed by atoms with Crippen molar-refractivity contribution in [3.05, 3.63) is 34.3 Å². The summed E-state index contributed by atoms with van der Waals surface area (Å²) in [6.07, 6.45) is -6.10. The lowest BCUT2D eigenvalue weighted by Gasteiger charge is -2.33. The molecule has 10 heteroatoms. The Kier molecular flexibility index (Phi) is 4.94. The van der Waals surface area contributed by atoms with Gasteiger partial charge in [0.25, 0.3) is 0 Å². The summed E-state index contributed by atoms with van der Waals surface area (Å²) >= 11 is 5.62. The zero-order chi connectivity index (χ0) is 15.1. The van der Waals surface area contributed by atoms with Gasteiger partial charge in [-0.25, -0.2) is 13.6 Å². The summed E-state index contributed by atoms with van der Waals surface area (Å²) in [6.45, 7) is -1.31. The molecule has 1 N–H and O–H groups in total. The van der Waals surface area contributed by atoms with Gasteiger partial charge >= 0.3 is 18.2 Å². The molecule has 0 aromatic heterocycles. The van der Waals surface area contributed by atoms with Gasteiger partial charge in [-0.1, -0.05) is 17.7 Å². The van der Waals surface area contributed by atoms with E-state index >= 15 is 0 Å². The van der Waals surface area contributed by atoms with Gasteiger partial charge in [0.2, 0.25) is 0 Å². The van der Waals surface area contributed by atoms with E-state index in [0.29, 0.717) is 6.07 Å². The van der Waals surface area contributed by atoms with Crippen molar-refractivity contribution in [3.8, 4) is 0 Å². The third kappa shape index (κ3) is 3.49. The summed E-state index contributed by atoms with van der Waals surface area (Å²) in [7, 11) is 0. The maximum absolute atomic E-state index is 13.7. The molecule has 1 saturated heterocycles. The molecule has 3 nitrogen and oxygen atoms in total. The molecule has 0 saturated carbocycles. The first kappa shape index (κ1) is 17.8. The monoisotopic (exact) mass is 351 g/mol. The van der Waals surface area contributed by atoms with Crippen LogP contribution in [0.15, 0.2) is 18.2 Å². The Hall–Kier alpha value is -1.28. The Morgan fingerprint density at radius 2 is 1.95 bits per heavy atom. The number of benzene rings is 1. The molecule has 1 aliphatic heterocycles. The van der Waals surface area contributed by atoms with Crippen LogP contribution in [0.1, 0.15) is 17.2 Å². The third-order valence-electron chi connectivity index (χ3n) is 2.73. The van der Waals surface area contributed by atoms with Crippen molar-refractivity contribution >= 4 is 30.1 Å². The number of ether oxygens (including phenoxy) is 1. The summed E-state index contributed by atoms with van der Waals surface area (Å²) in [5, 5.41) is 1.17. The van der Waals surface area contributed by atoms with E-state index in [1.807, 2.05) is 0 Å². The Morgan fingerprint density at radius 1 is 1.33 bits per heavy atom. The van der Waals surface area contributed by atoms with Crippen molar-refractivity contribution in [2.24, 2.45) is 0 Å². The fourth-order valence-electron chi connectivity index (χ4n) is 1.87. The molecule has 0 spiro atoms. The molecule has 1 aromatic rings. The van der Waals surface area contributed by atoms with Crippen molar-refractivity contribution in [1.82, 2.24) is 5.32 Å². The van der Waals surface area contributed by atoms with E-state index in [-0.39, 0.29) is 12.4 Å². The van der Waals surface area contributed by atoms with Crippen LogP contribution in [0.2, 0.25) is 5.02 Å². The number of alkyl halides is 5. The normalized spacial score (nSPS) is 21.0. The van der Waals surface area contributed by atoms with Crippen molar-refractivity contribution in [1.29, 1.82) is 0 Å². The highest BCUT2D eigenvalue weighted by molar-refractivity contribution is 6.31. The smallest absolute Gasteiger partial charge is 0.416 e. The fourth-order valence-corrected chi connectivity index (χ4v) is 2.15. The standard InChI is InChI=1S/C11H7ClF5NO2.ClH/c12-6-3-1-2-5(11(15,16)17)7(6)8-10(13,14)4-20-9(19)18-8;/h1-3,8H,4H2,(H,18,19);1H/t8-;/m0./s1. The van der Waals surface area contributed by atoms with Gasteiger partial charge in [0.05, 0.1) is 5.56 Å². The van der Waals surface area contributed by atoms with E-state index < -0.39 is 47.0 Å². The Labute approximate surface area is 126 Å². The van der Waals surface area contributed by atoms with Crippen LogP contribution in [0.5, 0.6) is 0 Å². The van der Waals surface area contributed by atoms with Gasteiger partial charge in [0.1, 0.15) is 6.04 Å². The molecule has 0 radical (unpaired) electrons. The molecular formula is C11H8Cl2F5NO2. The number of hydrogen-bond acceptors (Lipinski definition) is 2. The van der Waals surface area contributed by atoms with Crippen LogP contribution in [0.3, 0.4) is 0 Å². The van der Waals surface area contributed by atoms with Crippen molar-refractivity contribution < 1.29 is 31.5 Å². The summed E-state index contributed by atoms with van der Waals surface area (Å²) in [5.41, 5.74) is -2.19. The number of carbonyl (C=O) groups excluding carboxylic acids is 1. The number of nitrogens with one attached hydrogen (secondary N) is 1. The number of rotatable bonds is 1. The number of halogens is 7. The van der Waals surface area contributed by atoms with E-state index in [9.17, 15) is 26.7 Å². The minimum atomic E-state index is -4.88. The average Bonchev–Trinajstić information content (AvgIpc) is 2.31. The van der Waals surface area contributed by atoms with Crippen molar-refractivity contribution in [3.63, 3.8) is 0 Å². The number of hydrogen-bond donors (Lipinski definition) is 1. The molecule has 1 atom stereocenters. The molecule has 2 rings (SSSR count). The first-order valence-electron chi connectivity index (χ1n) is 5.29. The highest BCUT2D eigenvalue weighted by Crippen LogP contribution is 2.44. The fraction of sp³-hybridized carbons (Fsp3) is 0.364. The van der Waals surface area contributed by atoms with E-state index in [2.05, 4.69) is 4.74 Å². The third-order valence-corrected chi connectivity index (χ3v) is 3.06. The molecule has 1 aromatic carbocycles. The molecular weight excluding hydrogens is 344 g/mol. The molecule has 1 aliphatic rings. The molecule has 1 heterocycles. The highest BCUT2D eigenvalue weighted by Gasteiger charge is 2.50. The zero-order valence-corrected chi connectivity index (χ0v) is 11.6. The Bertz CT molecular complexity index is 550. The van der Waals surface area contributed by atoms with Gasteiger partial charge in [0.15, 0.2) is 6.61 Å². The molecule has 118 valence electrons. The first-order valence-corrected chi connectivity index (χ1v) is 5.67. The van der Waals surface area contributed by atoms with E-state index in [0.717, 1.165) is 12.1 Å². The quantitative estimate of drug-likeness (QED) is 0.770. The second-order valence-electron chi connectivity index (χ2n) is 4.11. The summed E-state index contributed by atoms with van der Waals surface area (Å²) < 4.78 is 70.2. The SMILES string of the molecule is Cl.O=C1N[C@@H](c2c(Cl)cccc2C(F)(F)F)C(F)(F)CO1.